The van der Waals surface area contributed by atoms with Gasteiger partial charge in [-0.2, -0.15) is 0 Å². The molecule has 2 unspecified atom stereocenters. The molecule has 0 radical (unpaired) electrons. The van der Waals surface area contributed by atoms with Gasteiger partial charge in [-0.1, -0.05) is 31.7 Å². The van der Waals surface area contributed by atoms with Crippen LogP contribution >= 0.6 is 0 Å². The Kier molecular flexibility index (Phi) is 5.43. The van der Waals surface area contributed by atoms with Gasteiger partial charge >= 0.3 is 5.97 Å². The first-order chi connectivity index (χ1) is 8.54. The highest BCUT2D eigenvalue weighted by Gasteiger charge is 2.17. The number of nitrogens with one attached hydrogen (secondary N) is 1. The maximum absolute atomic E-state index is 11.8. The molecule has 0 aliphatic heterocycles. The number of rotatable bonds is 6. The monoisotopic (exact) mass is 247 g/mol. The standard InChI is InChI=1S/C15H21NO2/c1-5-11(2)18-15(17)12(3)13(4)16-14-9-7-6-8-10-14/h6-11,13,16H,3,5H2,1-2,4H3. The van der Waals surface area contributed by atoms with E-state index in [-0.39, 0.29) is 18.1 Å². The predicted octanol–water partition coefficient (Wildman–Crippen LogP) is 3.38. The lowest BCUT2D eigenvalue weighted by Gasteiger charge is -2.18. The molecule has 0 bridgehead atoms. The average molecular weight is 247 g/mol. The van der Waals surface area contributed by atoms with E-state index in [1.807, 2.05) is 51.1 Å². The quantitative estimate of drug-likeness (QED) is 0.618. The number of ether oxygens (including phenoxy) is 1. The van der Waals surface area contributed by atoms with Gasteiger partial charge in [0, 0.05) is 5.69 Å². The minimum atomic E-state index is -0.333. The first-order valence-electron chi connectivity index (χ1n) is 6.26. The fourth-order valence-electron chi connectivity index (χ4n) is 1.39. The number of hydrogen-bond acceptors (Lipinski definition) is 3. The van der Waals surface area contributed by atoms with Crippen LogP contribution in [0.5, 0.6) is 0 Å². The molecule has 18 heavy (non-hydrogen) atoms. The zero-order valence-electron chi connectivity index (χ0n) is 11.3. The van der Waals surface area contributed by atoms with Gasteiger partial charge in [0.1, 0.15) is 0 Å². The van der Waals surface area contributed by atoms with Gasteiger partial charge in [-0.25, -0.2) is 4.79 Å². The van der Waals surface area contributed by atoms with Crippen molar-refractivity contribution in [3.8, 4) is 0 Å². The molecule has 0 aromatic heterocycles. The molecule has 3 nitrogen and oxygen atoms in total. The molecule has 0 spiro atoms. The highest BCUT2D eigenvalue weighted by molar-refractivity contribution is 5.89. The Morgan fingerprint density at radius 3 is 2.50 bits per heavy atom. The third-order valence-electron chi connectivity index (χ3n) is 2.82. The minimum absolute atomic E-state index is 0.0711. The van der Waals surface area contributed by atoms with E-state index in [0.29, 0.717) is 5.57 Å². The Hall–Kier alpha value is -1.77. The molecule has 3 heteroatoms. The second kappa shape index (κ2) is 6.84. The van der Waals surface area contributed by atoms with Crippen LogP contribution in [-0.2, 0) is 9.53 Å². The molecular formula is C15H21NO2. The number of esters is 1. The molecule has 1 aromatic carbocycles. The van der Waals surface area contributed by atoms with E-state index in [1.165, 1.54) is 0 Å². The normalized spacial score (nSPS) is 13.5. The van der Waals surface area contributed by atoms with Crippen LogP contribution in [0, 0.1) is 0 Å². The summed E-state index contributed by atoms with van der Waals surface area (Å²) in [7, 11) is 0. The van der Waals surface area contributed by atoms with E-state index in [1.54, 1.807) is 0 Å². The highest BCUT2D eigenvalue weighted by Crippen LogP contribution is 2.13. The van der Waals surface area contributed by atoms with Crippen LogP contribution in [0.15, 0.2) is 42.5 Å². The van der Waals surface area contributed by atoms with Crippen molar-refractivity contribution >= 4 is 11.7 Å². The van der Waals surface area contributed by atoms with Crippen LogP contribution in [0.25, 0.3) is 0 Å². The van der Waals surface area contributed by atoms with Gasteiger partial charge in [-0.15, -0.1) is 0 Å². The molecule has 1 rings (SSSR count). The molecule has 2 atom stereocenters. The molecule has 1 N–H and O–H groups in total. The fourth-order valence-corrected chi connectivity index (χ4v) is 1.39. The molecule has 0 fully saturated rings. The van der Waals surface area contributed by atoms with Gasteiger partial charge < -0.3 is 10.1 Å². The molecule has 0 heterocycles. The number of hydrogen-bond donors (Lipinski definition) is 1. The summed E-state index contributed by atoms with van der Waals surface area (Å²) < 4.78 is 5.24. The first-order valence-corrected chi connectivity index (χ1v) is 6.26. The van der Waals surface area contributed by atoms with E-state index in [0.717, 1.165) is 12.1 Å². The first kappa shape index (κ1) is 14.3. The lowest BCUT2D eigenvalue weighted by Crippen LogP contribution is -2.26. The Morgan fingerprint density at radius 2 is 1.94 bits per heavy atom. The van der Waals surface area contributed by atoms with Crippen molar-refractivity contribution in [3.63, 3.8) is 0 Å². The smallest absolute Gasteiger partial charge is 0.335 e. The molecule has 0 aliphatic carbocycles. The van der Waals surface area contributed by atoms with Crippen LogP contribution in [0.1, 0.15) is 27.2 Å². The largest absolute Gasteiger partial charge is 0.459 e. The summed E-state index contributed by atoms with van der Waals surface area (Å²) >= 11 is 0. The van der Waals surface area contributed by atoms with Crippen molar-refractivity contribution in [2.45, 2.75) is 39.3 Å². The maximum Gasteiger partial charge on any atom is 0.335 e. The van der Waals surface area contributed by atoms with Crippen LogP contribution in [-0.4, -0.2) is 18.1 Å². The molecule has 0 saturated heterocycles. The molecule has 0 aliphatic rings. The highest BCUT2D eigenvalue weighted by atomic mass is 16.5. The van der Waals surface area contributed by atoms with Crippen molar-refractivity contribution < 1.29 is 9.53 Å². The minimum Gasteiger partial charge on any atom is -0.459 e. The summed E-state index contributed by atoms with van der Waals surface area (Å²) in [5, 5.41) is 3.21. The van der Waals surface area contributed by atoms with E-state index < -0.39 is 0 Å². The summed E-state index contributed by atoms with van der Waals surface area (Å²) in [6.07, 6.45) is 0.734. The Labute approximate surface area is 109 Å². The second-order valence-electron chi connectivity index (χ2n) is 4.38. The van der Waals surface area contributed by atoms with Crippen LogP contribution < -0.4 is 5.32 Å². The molecule has 98 valence electrons. The third kappa shape index (κ3) is 4.24. The van der Waals surface area contributed by atoms with Crippen molar-refractivity contribution in [2.75, 3.05) is 5.32 Å². The van der Waals surface area contributed by atoms with Crippen LogP contribution in [0.4, 0.5) is 5.69 Å². The number of carbonyl (C=O) groups excluding carboxylic acids is 1. The number of anilines is 1. The van der Waals surface area contributed by atoms with Gasteiger partial charge in [-0.3, -0.25) is 0 Å². The third-order valence-corrected chi connectivity index (χ3v) is 2.82. The SMILES string of the molecule is C=C(C(=O)OC(C)CC)C(C)Nc1ccccc1. The Balaban J connectivity index is 2.54. The van der Waals surface area contributed by atoms with Gasteiger partial charge in [-0.05, 0) is 32.4 Å². The topological polar surface area (TPSA) is 38.3 Å². The van der Waals surface area contributed by atoms with Crippen molar-refractivity contribution in [3.05, 3.63) is 42.5 Å². The summed E-state index contributed by atoms with van der Waals surface area (Å²) in [5.74, 6) is -0.333. The predicted molar refractivity (Wildman–Crippen MR) is 74.5 cm³/mol. The van der Waals surface area contributed by atoms with Gasteiger partial charge in [0.05, 0.1) is 17.7 Å². The van der Waals surface area contributed by atoms with E-state index in [2.05, 4.69) is 11.9 Å². The van der Waals surface area contributed by atoms with Crippen molar-refractivity contribution in [1.82, 2.24) is 0 Å². The van der Waals surface area contributed by atoms with Gasteiger partial charge in [0.25, 0.3) is 0 Å². The molecular weight excluding hydrogens is 226 g/mol. The average Bonchev–Trinajstić information content (AvgIpc) is 2.38. The Morgan fingerprint density at radius 1 is 1.33 bits per heavy atom. The van der Waals surface area contributed by atoms with Crippen molar-refractivity contribution in [2.24, 2.45) is 0 Å². The van der Waals surface area contributed by atoms with Gasteiger partial charge in [0.15, 0.2) is 0 Å². The second-order valence-corrected chi connectivity index (χ2v) is 4.38. The fraction of sp³-hybridized carbons (Fsp3) is 0.400. The summed E-state index contributed by atoms with van der Waals surface area (Å²) in [6.45, 7) is 9.55. The number of para-hydroxylation sites is 1. The lowest BCUT2D eigenvalue weighted by molar-refractivity contribution is -0.143. The molecule has 0 amide bonds. The molecule has 0 saturated carbocycles. The zero-order chi connectivity index (χ0) is 13.5. The van der Waals surface area contributed by atoms with Crippen molar-refractivity contribution in [1.29, 1.82) is 0 Å². The van der Waals surface area contributed by atoms with E-state index >= 15 is 0 Å². The number of carbonyl (C=O) groups is 1. The Bertz CT molecular complexity index is 400. The maximum atomic E-state index is 11.8. The lowest BCUT2D eigenvalue weighted by atomic mass is 10.1. The van der Waals surface area contributed by atoms with Gasteiger partial charge in [0.2, 0.25) is 0 Å². The summed E-state index contributed by atoms with van der Waals surface area (Å²) in [4.78, 5) is 11.8. The summed E-state index contributed by atoms with van der Waals surface area (Å²) in [5.41, 5.74) is 1.40. The zero-order valence-corrected chi connectivity index (χ0v) is 11.3. The molecule has 1 aromatic rings. The summed E-state index contributed by atoms with van der Waals surface area (Å²) in [6, 6.07) is 9.57. The van der Waals surface area contributed by atoms with E-state index in [4.69, 9.17) is 4.74 Å². The van der Waals surface area contributed by atoms with Crippen LogP contribution in [0.3, 0.4) is 0 Å². The van der Waals surface area contributed by atoms with Crippen LogP contribution in [0.2, 0.25) is 0 Å². The van der Waals surface area contributed by atoms with E-state index in [9.17, 15) is 4.79 Å². The number of benzene rings is 1.